The molecule has 0 aliphatic carbocycles. The highest BCUT2D eigenvalue weighted by Crippen LogP contribution is 2.19. The number of methoxy groups -OCH3 is 1. The maximum absolute atomic E-state index is 10.3. The number of hydrogen-bond donors (Lipinski definition) is 1. The van der Waals surface area contributed by atoms with E-state index in [0.29, 0.717) is 13.0 Å². The second-order valence-corrected chi connectivity index (χ2v) is 2.72. The summed E-state index contributed by atoms with van der Waals surface area (Å²) >= 11 is 0. The average molecular weight is 179 g/mol. The minimum absolute atomic E-state index is 0.383. The molecule has 1 aromatic rings. The molecule has 1 aromatic carbocycles. The fraction of sp³-hybridized carbons (Fsp3) is 0.300. The first kappa shape index (κ1) is 9.74. The van der Waals surface area contributed by atoms with Gasteiger partial charge in [0.1, 0.15) is 12.0 Å². The molecule has 2 N–H and O–H groups in total. The fourth-order valence-electron chi connectivity index (χ4n) is 1.17. The average Bonchev–Trinajstić information content (AvgIpc) is 2.19. The first-order valence-electron chi connectivity index (χ1n) is 4.11. The van der Waals surface area contributed by atoms with Gasteiger partial charge < -0.3 is 15.3 Å². The Bertz CT molecular complexity index is 297. The van der Waals surface area contributed by atoms with E-state index < -0.39 is 0 Å². The van der Waals surface area contributed by atoms with Crippen molar-refractivity contribution in [3.05, 3.63) is 29.3 Å². The van der Waals surface area contributed by atoms with Crippen LogP contribution in [0.5, 0.6) is 5.75 Å². The lowest BCUT2D eigenvalue weighted by molar-refractivity contribution is -0.107. The van der Waals surface area contributed by atoms with E-state index in [1.807, 2.05) is 18.2 Å². The molecule has 0 bridgehead atoms. The van der Waals surface area contributed by atoms with E-state index in [-0.39, 0.29) is 0 Å². The van der Waals surface area contributed by atoms with Crippen molar-refractivity contribution in [3.8, 4) is 5.75 Å². The van der Waals surface area contributed by atoms with Crippen molar-refractivity contribution in [1.29, 1.82) is 0 Å². The molecule has 70 valence electrons. The first-order valence-corrected chi connectivity index (χ1v) is 4.11. The van der Waals surface area contributed by atoms with Crippen LogP contribution in [0.15, 0.2) is 18.2 Å². The lowest BCUT2D eigenvalue weighted by Crippen LogP contribution is -1.99. The van der Waals surface area contributed by atoms with Gasteiger partial charge in [-0.3, -0.25) is 0 Å². The van der Waals surface area contributed by atoms with E-state index in [1.54, 1.807) is 7.11 Å². The summed E-state index contributed by atoms with van der Waals surface area (Å²) in [7, 11) is 1.59. The Morgan fingerprint density at radius 2 is 2.31 bits per heavy atom. The predicted octanol–water partition coefficient (Wildman–Crippen LogP) is 0.895. The van der Waals surface area contributed by atoms with E-state index in [2.05, 4.69) is 0 Å². The van der Waals surface area contributed by atoms with E-state index in [0.717, 1.165) is 23.2 Å². The summed E-state index contributed by atoms with van der Waals surface area (Å²) in [6.45, 7) is 0.484. The molecule has 3 heteroatoms. The van der Waals surface area contributed by atoms with Crippen LogP contribution in [0.4, 0.5) is 0 Å². The van der Waals surface area contributed by atoms with Gasteiger partial charge in [-0.2, -0.15) is 0 Å². The van der Waals surface area contributed by atoms with Crippen LogP contribution >= 0.6 is 0 Å². The minimum Gasteiger partial charge on any atom is -0.496 e. The van der Waals surface area contributed by atoms with Crippen molar-refractivity contribution in [3.63, 3.8) is 0 Å². The van der Waals surface area contributed by atoms with Gasteiger partial charge in [0.15, 0.2) is 0 Å². The Kier molecular flexibility index (Phi) is 3.46. The van der Waals surface area contributed by atoms with Crippen LogP contribution in [-0.2, 0) is 17.8 Å². The molecule has 0 saturated carbocycles. The summed E-state index contributed by atoms with van der Waals surface area (Å²) in [4.78, 5) is 10.3. The highest BCUT2D eigenvalue weighted by Gasteiger charge is 2.02. The molecule has 0 fully saturated rings. The minimum atomic E-state index is 0.383. The van der Waals surface area contributed by atoms with Crippen LogP contribution in [0.1, 0.15) is 11.1 Å². The standard InChI is InChI=1S/C10H13NO2/c1-13-10-6-8(7-11)2-3-9(10)4-5-12/h2-3,5-6H,4,7,11H2,1H3. The van der Waals surface area contributed by atoms with E-state index in [9.17, 15) is 4.79 Å². The van der Waals surface area contributed by atoms with Crippen molar-refractivity contribution in [1.82, 2.24) is 0 Å². The van der Waals surface area contributed by atoms with E-state index in [1.165, 1.54) is 0 Å². The van der Waals surface area contributed by atoms with Crippen molar-refractivity contribution >= 4 is 6.29 Å². The summed E-state index contributed by atoms with van der Waals surface area (Å²) in [6, 6.07) is 5.63. The Morgan fingerprint density at radius 1 is 1.54 bits per heavy atom. The maximum atomic E-state index is 10.3. The number of ether oxygens (including phenoxy) is 1. The first-order chi connectivity index (χ1) is 6.31. The summed E-state index contributed by atoms with van der Waals surface area (Å²) in [5, 5.41) is 0. The molecular weight excluding hydrogens is 166 g/mol. The monoisotopic (exact) mass is 179 g/mol. The number of rotatable bonds is 4. The highest BCUT2D eigenvalue weighted by molar-refractivity contribution is 5.57. The maximum Gasteiger partial charge on any atom is 0.124 e. The lowest BCUT2D eigenvalue weighted by atomic mass is 10.1. The number of carbonyl (C=O) groups is 1. The third kappa shape index (κ3) is 2.29. The largest absolute Gasteiger partial charge is 0.496 e. The Hall–Kier alpha value is -1.35. The van der Waals surface area contributed by atoms with Gasteiger partial charge in [0.25, 0.3) is 0 Å². The molecule has 0 unspecified atom stereocenters. The SMILES string of the molecule is COc1cc(CN)ccc1CC=O. The van der Waals surface area contributed by atoms with Crippen molar-refractivity contribution in [2.45, 2.75) is 13.0 Å². The number of hydrogen-bond acceptors (Lipinski definition) is 3. The van der Waals surface area contributed by atoms with E-state index in [4.69, 9.17) is 10.5 Å². The summed E-state index contributed by atoms with van der Waals surface area (Å²) in [6.07, 6.45) is 1.24. The van der Waals surface area contributed by atoms with Crippen LogP contribution in [-0.4, -0.2) is 13.4 Å². The van der Waals surface area contributed by atoms with Gasteiger partial charge in [0, 0.05) is 18.5 Å². The van der Waals surface area contributed by atoms with Gasteiger partial charge in [-0.15, -0.1) is 0 Å². The summed E-state index contributed by atoms with van der Waals surface area (Å²) < 4.78 is 5.13. The fourth-order valence-corrected chi connectivity index (χ4v) is 1.17. The molecule has 0 amide bonds. The second-order valence-electron chi connectivity index (χ2n) is 2.72. The molecule has 0 heterocycles. The van der Waals surface area contributed by atoms with Crippen molar-refractivity contribution in [2.75, 3.05) is 7.11 Å². The molecule has 0 radical (unpaired) electrons. The molecule has 0 saturated heterocycles. The molecule has 0 atom stereocenters. The Balaban J connectivity index is 3.00. The molecule has 3 nitrogen and oxygen atoms in total. The molecule has 0 aliphatic heterocycles. The van der Waals surface area contributed by atoms with Crippen LogP contribution in [0, 0.1) is 0 Å². The number of aldehydes is 1. The van der Waals surface area contributed by atoms with Crippen LogP contribution in [0.25, 0.3) is 0 Å². The van der Waals surface area contributed by atoms with Crippen LogP contribution in [0.3, 0.4) is 0 Å². The topological polar surface area (TPSA) is 52.3 Å². The van der Waals surface area contributed by atoms with Gasteiger partial charge in [-0.05, 0) is 11.6 Å². The number of nitrogens with two attached hydrogens (primary N) is 1. The molecular formula is C10H13NO2. The predicted molar refractivity (Wildman–Crippen MR) is 50.7 cm³/mol. The zero-order chi connectivity index (χ0) is 9.68. The normalized spacial score (nSPS) is 9.69. The summed E-state index contributed by atoms with van der Waals surface area (Å²) in [5.74, 6) is 0.732. The Morgan fingerprint density at radius 3 is 2.85 bits per heavy atom. The van der Waals surface area contributed by atoms with Crippen molar-refractivity contribution in [2.24, 2.45) is 5.73 Å². The third-order valence-electron chi connectivity index (χ3n) is 1.89. The van der Waals surface area contributed by atoms with Crippen molar-refractivity contribution < 1.29 is 9.53 Å². The molecule has 1 rings (SSSR count). The lowest BCUT2D eigenvalue weighted by Gasteiger charge is -2.07. The number of carbonyl (C=O) groups excluding carboxylic acids is 1. The van der Waals surface area contributed by atoms with Gasteiger partial charge >= 0.3 is 0 Å². The zero-order valence-corrected chi connectivity index (χ0v) is 7.62. The molecule has 0 aliphatic rings. The second kappa shape index (κ2) is 4.62. The van der Waals surface area contributed by atoms with Crippen LogP contribution < -0.4 is 10.5 Å². The van der Waals surface area contributed by atoms with Gasteiger partial charge in [0.05, 0.1) is 7.11 Å². The smallest absolute Gasteiger partial charge is 0.124 e. The summed E-state index contributed by atoms with van der Waals surface area (Å²) in [5.41, 5.74) is 7.38. The van der Waals surface area contributed by atoms with Crippen LogP contribution in [0.2, 0.25) is 0 Å². The molecule has 13 heavy (non-hydrogen) atoms. The highest BCUT2D eigenvalue weighted by atomic mass is 16.5. The third-order valence-corrected chi connectivity index (χ3v) is 1.89. The van der Waals surface area contributed by atoms with Gasteiger partial charge in [-0.25, -0.2) is 0 Å². The molecule has 0 spiro atoms. The zero-order valence-electron chi connectivity index (χ0n) is 7.62. The molecule has 0 aromatic heterocycles. The van der Waals surface area contributed by atoms with Gasteiger partial charge in [-0.1, -0.05) is 12.1 Å². The number of benzene rings is 1. The van der Waals surface area contributed by atoms with Gasteiger partial charge in [0.2, 0.25) is 0 Å². The quantitative estimate of drug-likeness (QED) is 0.698. The van der Waals surface area contributed by atoms with E-state index >= 15 is 0 Å². The Labute approximate surface area is 77.5 Å².